The molecule has 0 radical (unpaired) electrons. The third-order valence-electron chi connectivity index (χ3n) is 3.07. The molecule has 0 saturated carbocycles. The molecule has 0 unspecified atom stereocenters. The van der Waals surface area contributed by atoms with Gasteiger partial charge >= 0.3 is 0 Å². The number of benzene rings is 1. The van der Waals surface area contributed by atoms with E-state index in [0.717, 1.165) is 12.2 Å². The van der Waals surface area contributed by atoms with Crippen molar-refractivity contribution in [3.63, 3.8) is 0 Å². The second-order valence-corrected chi connectivity index (χ2v) is 5.59. The second kappa shape index (κ2) is 5.89. The molecular formula is C15H24N2O. The van der Waals surface area contributed by atoms with Crippen LogP contribution in [0.1, 0.15) is 33.3 Å². The lowest BCUT2D eigenvalue weighted by molar-refractivity contribution is -0.127. The molecule has 0 aliphatic heterocycles. The Morgan fingerprint density at radius 1 is 1.33 bits per heavy atom. The first-order valence-electron chi connectivity index (χ1n) is 6.43. The van der Waals surface area contributed by atoms with E-state index >= 15 is 0 Å². The van der Waals surface area contributed by atoms with E-state index in [-0.39, 0.29) is 11.3 Å². The van der Waals surface area contributed by atoms with Crippen molar-refractivity contribution in [1.82, 2.24) is 4.90 Å². The van der Waals surface area contributed by atoms with Crippen molar-refractivity contribution < 1.29 is 4.79 Å². The summed E-state index contributed by atoms with van der Waals surface area (Å²) in [5.74, 6) is 0.110. The Balaban J connectivity index is 2.66. The summed E-state index contributed by atoms with van der Waals surface area (Å²) in [6.07, 6.45) is 0. The Kier molecular flexibility index (Phi) is 4.76. The van der Waals surface area contributed by atoms with Gasteiger partial charge in [0.05, 0.1) is 6.54 Å². The number of carbonyl (C=O) groups excluding carboxylic acids is 1. The SMILES string of the molecule is CCN(C)C(=O)CNc1cccc(C(C)(C)C)c1. The molecule has 1 N–H and O–H groups in total. The van der Waals surface area contributed by atoms with Gasteiger partial charge in [0.15, 0.2) is 0 Å². The highest BCUT2D eigenvalue weighted by Gasteiger charge is 2.13. The molecule has 1 amide bonds. The molecule has 0 atom stereocenters. The molecule has 18 heavy (non-hydrogen) atoms. The lowest BCUT2D eigenvalue weighted by atomic mass is 9.87. The Morgan fingerprint density at radius 3 is 2.56 bits per heavy atom. The smallest absolute Gasteiger partial charge is 0.241 e. The Morgan fingerprint density at radius 2 is 2.00 bits per heavy atom. The molecule has 100 valence electrons. The number of nitrogens with one attached hydrogen (secondary N) is 1. The molecule has 3 nitrogen and oxygen atoms in total. The van der Waals surface area contributed by atoms with Crippen LogP contribution in [0.5, 0.6) is 0 Å². The largest absolute Gasteiger partial charge is 0.376 e. The van der Waals surface area contributed by atoms with Crippen LogP contribution in [0, 0.1) is 0 Å². The molecule has 0 bridgehead atoms. The van der Waals surface area contributed by atoms with Gasteiger partial charge in [-0.2, -0.15) is 0 Å². The molecule has 0 heterocycles. The average molecular weight is 248 g/mol. The van der Waals surface area contributed by atoms with E-state index in [1.54, 1.807) is 4.90 Å². The summed E-state index contributed by atoms with van der Waals surface area (Å²) >= 11 is 0. The first-order valence-corrected chi connectivity index (χ1v) is 6.43. The van der Waals surface area contributed by atoms with E-state index in [0.29, 0.717) is 6.54 Å². The standard InChI is InChI=1S/C15H24N2O/c1-6-17(5)14(18)11-16-13-9-7-8-12(10-13)15(2,3)4/h7-10,16H,6,11H2,1-5H3. The second-order valence-electron chi connectivity index (χ2n) is 5.59. The summed E-state index contributed by atoms with van der Waals surface area (Å²) in [6.45, 7) is 9.60. The molecule has 1 rings (SSSR count). The van der Waals surface area contributed by atoms with Crippen LogP contribution in [0.4, 0.5) is 5.69 Å². The maximum absolute atomic E-state index is 11.7. The summed E-state index contributed by atoms with van der Waals surface area (Å²) < 4.78 is 0. The van der Waals surface area contributed by atoms with Crippen LogP contribution in [0.2, 0.25) is 0 Å². The Hall–Kier alpha value is -1.51. The number of amides is 1. The van der Waals surface area contributed by atoms with Crippen LogP contribution < -0.4 is 5.32 Å². The number of hydrogen-bond acceptors (Lipinski definition) is 2. The fraction of sp³-hybridized carbons (Fsp3) is 0.533. The van der Waals surface area contributed by atoms with Gasteiger partial charge in [-0.25, -0.2) is 0 Å². The van der Waals surface area contributed by atoms with E-state index < -0.39 is 0 Å². The molecule has 0 saturated heterocycles. The summed E-state index contributed by atoms with van der Waals surface area (Å²) in [6, 6.07) is 8.25. The fourth-order valence-electron chi connectivity index (χ4n) is 1.58. The summed E-state index contributed by atoms with van der Waals surface area (Å²) in [7, 11) is 1.82. The van der Waals surface area contributed by atoms with Crippen LogP contribution in [-0.4, -0.2) is 30.9 Å². The van der Waals surface area contributed by atoms with E-state index in [2.05, 4.69) is 38.2 Å². The van der Waals surface area contributed by atoms with E-state index in [9.17, 15) is 4.79 Å². The van der Waals surface area contributed by atoms with Gasteiger partial charge in [0, 0.05) is 19.3 Å². The third-order valence-corrected chi connectivity index (χ3v) is 3.07. The normalized spacial score (nSPS) is 11.2. The minimum Gasteiger partial charge on any atom is -0.376 e. The average Bonchev–Trinajstić information content (AvgIpc) is 2.34. The highest BCUT2D eigenvalue weighted by atomic mass is 16.2. The van der Waals surface area contributed by atoms with Crippen molar-refractivity contribution >= 4 is 11.6 Å². The van der Waals surface area contributed by atoms with Crippen LogP contribution in [0.15, 0.2) is 24.3 Å². The number of hydrogen-bond donors (Lipinski definition) is 1. The highest BCUT2D eigenvalue weighted by molar-refractivity contribution is 5.80. The zero-order valence-corrected chi connectivity index (χ0v) is 12.1. The van der Waals surface area contributed by atoms with Crippen LogP contribution >= 0.6 is 0 Å². The van der Waals surface area contributed by atoms with Crippen LogP contribution in [0.3, 0.4) is 0 Å². The van der Waals surface area contributed by atoms with Crippen molar-refractivity contribution in [3.05, 3.63) is 29.8 Å². The molecule has 3 heteroatoms. The maximum atomic E-state index is 11.7. The zero-order chi connectivity index (χ0) is 13.8. The molecule has 0 fully saturated rings. The van der Waals surface area contributed by atoms with Crippen LogP contribution in [0.25, 0.3) is 0 Å². The van der Waals surface area contributed by atoms with Gasteiger partial charge in [-0.15, -0.1) is 0 Å². The van der Waals surface area contributed by atoms with Gasteiger partial charge in [0.2, 0.25) is 5.91 Å². The molecule has 0 aromatic heterocycles. The number of nitrogens with zero attached hydrogens (tertiary/aromatic N) is 1. The predicted octanol–water partition coefficient (Wildman–Crippen LogP) is 2.87. The van der Waals surface area contributed by atoms with E-state index in [4.69, 9.17) is 0 Å². The Labute approximate surface area is 110 Å². The van der Waals surface area contributed by atoms with Crippen molar-refractivity contribution in [2.75, 3.05) is 25.5 Å². The first kappa shape index (κ1) is 14.6. The lowest BCUT2D eigenvalue weighted by Crippen LogP contribution is -2.31. The quantitative estimate of drug-likeness (QED) is 0.888. The molecule has 0 aliphatic rings. The monoisotopic (exact) mass is 248 g/mol. The van der Waals surface area contributed by atoms with E-state index in [1.165, 1.54) is 5.56 Å². The number of carbonyl (C=O) groups is 1. The lowest BCUT2D eigenvalue weighted by Gasteiger charge is -2.20. The molecular weight excluding hydrogens is 224 g/mol. The fourth-order valence-corrected chi connectivity index (χ4v) is 1.58. The van der Waals surface area contributed by atoms with Crippen LogP contribution in [-0.2, 0) is 10.2 Å². The van der Waals surface area contributed by atoms with Gasteiger partial charge in [0.1, 0.15) is 0 Å². The Bertz CT molecular complexity index is 407. The van der Waals surface area contributed by atoms with Gasteiger partial charge in [-0.1, -0.05) is 32.9 Å². The molecule has 1 aromatic carbocycles. The van der Waals surface area contributed by atoms with E-state index in [1.807, 2.05) is 26.1 Å². The molecule has 1 aromatic rings. The summed E-state index contributed by atoms with van der Waals surface area (Å²) in [5.41, 5.74) is 2.39. The van der Waals surface area contributed by atoms with Gasteiger partial charge in [0.25, 0.3) is 0 Å². The van der Waals surface area contributed by atoms with Crippen molar-refractivity contribution in [1.29, 1.82) is 0 Å². The van der Waals surface area contributed by atoms with Crippen molar-refractivity contribution in [2.45, 2.75) is 33.1 Å². The zero-order valence-electron chi connectivity index (χ0n) is 12.1. The van der Waals surface area contributed by atoms with Gasteiger partial charge in [-0.05, 0) is 30.0 Å². The highest BCUT2D eigenvalue weighted by Crippen LogP contribution is 2.24. The number of rotatable bonds is 4. The number of anilines is 1. The van der Waals surface area contributed by atoms with Gasteiger partial charge < -0.3 is 10.2 Å². The van der Waals surface area contributed by atoms with Gasteiger partial charge in [-0.3, -0.25) is 4.79 Å². The minimum absolute atomic E-state index is 0.110. The summed E-state index contributed by atoms with van der Waals surface area (Å²) in [5, 5.41) is 3.18. The number of likely N-dealkylation sites (N-methyl/N-ethyl adjacent to an activating group) is 1. The third kappa shape index (κ3) is 4.06. The molecule has 0 spiro atoms. The first-order chi connectivity index (χ1) is 8.34. The van der Waals surface area contributed by atoms with Crippen molar-refractivity contribution in [3.8, 4) is 0 Å². The topological polar surface area (TPSA) is 32.3 Å². The van der Waals surface area contributed by atoms with Crippen molar-refractivity contribution in [2.24, 2.45) is 0 Å². The predicted molar refractivity (Wildman–Crippen MR) is 76.9 cm³/mol. The maximum Gasteiger partial charge on any atom is 0.241 e. The molecule has 0 aliphatic carbocycles. The summed E-state index contributed by atoms with van der Waals surface area (Å²) in [4.78, 5) is 13.4. The minimum atomic E-state index is 0.110.